The van der Waals surface area contributed by atoms with Crippen LogP contribution in [0.4, 0.5) is 4.39 Å². The van der Waals surface area contributed by atoms with Crippen molar-refractivity contribution < 1.29 is 9.18 Å². The molecule has 1 atom stereocenters. The molecule has 0 bridgehead atoms. The van der Waals surface area contributed by atoms with E-state index >= 15 is 0 Å². The van der Waals surface area contributed by atoms with Gasteiger partial charge in [-0.15, -0.1) is 0 Å². The molecule has 0 aliphatic rings. The number of rotatable bonds is 3. The summed E-state index contributed by atoms with van der Waals surface area (Å²) in [5.41, 5.74) is 0.304. The quantitative estimate of drug-likeness (QED) is 0.769. The number of hydrogen-bond acceptors (Lipinski definition) is 1. The van der Waals surface area contributed by atoms with Gasteiger partial charge >= 0.3 is 0 Å². The van der Waals surface area contributed by atoms with E-state index in [1.165, 1.54) is 12.1 Å². The minimum absolute atomic E-state index is 0.00185. The molecular weight excluding hydrogens is 215 g/mol. The van der Waals surface area contributed by atoms with Crippen molar-refractivity contribution in [1.29, 1.82) is 0 Å². The average molecular weight is 229 g/mol. The molecule has 0 heterocycles. The van der Waals surface area contributed by atoms with Crippen molar-refractivity contribution in [3.63, 3.8) is 0 Å². The Morgan fingerprint density at radius 2 is 1.93 bits per heavy atom. The van der Waals surface area contributed by atoms with Crippen molar-refractivity contribution in [2.45, 2.75) is 26.7 Å². The van der Waals surface area contributed by atoms with Crippen molar-refractivity contribution in [3.8, 4) is 0 Å². The van der Waals surface area contributed by atoms with Gasteiger partial charge in [-0.2, -0.15) is 0 Å². The van der Waals surface area contributed by atoms with E-state index in [9.17, 15) is 9.18 Å². The third-order valence-electron chi connectivity index (χ3n) is 2.43. The van der Waals surface area contributed by atoms with E-state index in [1.54, 1.807) is 26.8 Å². The predicted molar refractivity (Wildman–Crippen MR) is 59.7 cm³/mol. The van der Waals surface area contributed by atoms with Crippen LogP contribution in [0.1, 0.15) is 32.3 Å². The Balaban J connectivity index is 3.11. The summed E-state index contributed by atoms with van der Waals surface area (Å²) in [5, 5.41) is 0.316. The average Bonchev–Trinajstić information content (AvgIpc) is 2.15. The van der Waals surface area contributed by atoms with Gasteiger partial charge in [-0.1, -0.05) is 38.4 Å². The SMILES string of the molecule is CC(C)C(=O)C(C)c1c(F)cccc1Cl. The highest BCUT2D eigenvalue weighted by Gasteiger charge is 2.23. The van der Waals surface area contributed by atoms with Gasteiger partial charge in [0, 0.05) is 22.4 Å². The van der Waals surface area contributed by atoms with E-state index in [2.05, 4.69) is 0 Å². The van der Waals surface area contributed by atoms with Crippen LogP contribution < -0.4 is 0 Å². The molecule has 82 valence electrons. The lowest BCUT2D eigenvalue weighted by Gasteiger charge is -2.15. The Bertz CT molecular complexity index is 354. The van der Waals surface area contributed by atoms with Crippen molar-refractivity contribution in [2.24, 2.45) is 5.92 Å². The summed E-state index contributed by atoms with van der Waals surface area (Å²) in [6.07, 6.45) is 0. The van der Waals surface area contributed by atoms with Gasteiger partial charge in [0.05, 0.1) is 0 Å². The molecule has 0 fully saturated rings. The van der Waals surface area contributed by atoms with Gasteiger partial charge in [-0.05, 0) is 12.1 Å². The van der Waals surface area contributed by atoms with E-state index < -0.39 is 11.7 Å². The number of Topliss-reactive ketones (excluding diaryl/α,β-unsaturated/α-hetero) is 1. The van der Waals surface area contributed by atoms with Crippen molar-refractivity contribution in [3.05, 3.63) is 34.6 Å². The maximum Gasteiger partial charge on any atom is 0.142 e. The number of hydrogen-bond donors (Lipinski definition) is 0. The molecule has 0 aromatic heterocycles. The van der Waals surface area contributed by atoms with Crippen LogP contribution in [-0.2, 0) is 4.79 Å². The molecule has 0 saturated heterocycles. The normalized spacial score (nSPS) is 12.9. The van der Waals surface area contributed by atoms with E-state index in [4.69, 9.17) is 11.6 Å². The van der Waals surface area contributed by atoms with Crippen molar-refractivity contribution >= 4 is 17.4 Å². The fraction of sp³-hybridized carbons (Fsp3) is 0.417. The zero-order chi connectivity index (χ0) is 11.6. The van der Waals surface area contributed by atoms with Gasteiger partial charge in [-0.25, -0.2) is 4.39 Å². The number of benzene rings is 1. The van der Waals surface area contributed by atoms with Gasteiger partial charge in [0.25, 0.3) is 0 Å². The summed E-state index contributed by atoms with van der Waals surface area (Å²) in [4.78, 5) is 11.7. The maximum absolute atomic E-state index is 13.5. The Kier molecular flexibility index (Phi) is 3.86. The molecule has 15 heavy (non-hydrogen) atoms. The summed E-state index contributed by atoms with van der Waals surface area (Å²) in [6, 6.07) is 4.46. The summed E-state index contributed by atoms with van der Waals surface area (Å²) >= 11 is 5.88. The lowest BCUT2D eigenvalue weighted by molar-refractivity contribution is -0.123. The fourth-order valence-electron chi connectivity index (χ4n) is 1.57. The van der Waals surface area contributed by atoms with E-state index in [1.807, 2.05) is 0 Å². The highest BCUT2D eigenvalue weighted by Crippen LogP contribution is 2.29. The highest BCUT2D eigenvalue weighted by molar-refractivity contribution is 6.31. The lowest BCUT2D eigenvalue weighted by Crippen LogP contribution is -2.16. The molecular formula is C12H14ClFO. The van der Waals surface area contributed by atoms with Gasteiger partial charge in [0.2, 0.25) is 0 Å². The number of carbonyl (C=O) groups is 1. The van der Waals surface area contributed by atoms with Crippen LogP contribution in [0.15, 0.2) is 18.2 Å². The Hall–Kier alpha value is -0.890. The summed E-state index contributed by atoms with van der Waals surface area (Å²) in [5.74, 6) is -1.01. The van der Waals surface area contributed by atoms with Crippen LogP contribution in [0.2, 0.25) is 5.02 Å². The standard InChI is InChI=1S/C12H14ClFO/c1-7(2)12(15)8(3)11-9(13)5-4-6-10(11)14/h4-8H,1-3H3. The van der Waals surface area contributed by atoms with Crippen LogP contribution in [0.25, 0.3) is 0 Å². The van der Waals surface area contributed by atoms with Crippen LogP contribution in [0.5, 0.6) is 0 Å². The van der Waals surface area contributed by atoms with E-state index in [0.717, 1.165) is 0 Å². The van der Waals surface area contributed by atoms with Crippen molar-refractivity contribution in [1.82, 2.24) is 0 Å². The Morgan fingerprint density at radius 3 is 2.40 bits per heavy atom. The second-order valence-corrected chi connectivity index (χ2v) is 4.32. The van der Waals surface area contributed by atoms with Gasteiger partial charge in [0.1, 0.15) is 11.6 Å². The monoisotopic (exact) mass is 228 g/mol. The first-order chi connectivity index (χ1) is 6.95. The first-order valence-corrected chi connectivity index (χ1v) is 5.30. The largest absolute Gasteiger partial charge is 0.299 e. The second kappa shape index (κ2) is 4.75. The zero-order valence-electron chi connectivity index (χ0n) is 9.05. The van der Waals surface area contributed by atoms with Gasteiger partial charge in [0.15, 0.2) is 0 Å². The third kappa shape index (κ3) is 2.57. The molecule has 0 radical (unpaired) electrons. The number of carbonyl (C=O) groups excluding carboxylic acids is 1. The van der Waals surface area contributed by atoms with Crippen LogP contribution in [0.3, 0.4) is 0 Å². The van der Waals surface area contributed by atoms with Crippen LogP contribution >= 0.6 is 11.6 Å². The molecule has 1 rings (SSSR count). The molecule has 0 saturated carbocycles. The van der Waals surface area contributed by atoms with E-state index in [-0.39, 0.29) is 11.7 Å². The highest BCUT2D eigenvalue weighted by atomic mass is 35.5. The Morgan fingerprint density at radius 1 is 1.33 bits per heavy atom. The molecule has 0 spiro atoms. The second-order valence-electron chi connectivity index (χ2n) is 3.91. The van der Waals surface area contributed by atoms with Gasteiger partial charge < -0.3 is 0 Å². The van der Waals surface area contributed by atoms with E-state index in [0.29, 0.717) is 10.6 Å². The Labute approximate surface area is 94.3 Å². The lowest BCUT2D eigenvalue weighted by atomic mass is 9.90. The number of ketones is 1. The topological polar surface area (TPSA) is 17.1 Å². The molecule has 1 nitrogen and oxygen atoms in total. The molecule has 1 aromatic rings. The smallest absolute Gasteiger partial charge is 0.142 e. The molecule has 0 aliphatic heterocycles. The first-order valence-electron chi connectivity index (χ1n) is 4.92. The van der Waals surface area contributed by atoms with Crippen LogP contribution in [-0.4, -0.2) is 5.78 Å². The molecule has 0 N–H and O–H groups in total. The summed E-state index contributed by atoms with van der Waals surface area (Å²) in [7, 11) is 0. The maximum atomic E-state index is 13.5. The third-order valence-corrected chi connectivity index (χ3v) is 2.76. The molecule has 1 unspecified atom stereocenters. The molecule has 0 amide bonds. The molecule has 3 heteroatoms. The van der Waals surface area contributed by atoms with Crippen LogP contribution in [0, 0.1) is 11.7 Å². The zero-order valence-corrected chi connectivity index (χ0v) is 9.81. The number of halogens is 2. The summed E-state index contributed by atoms with van der Waals surface area (Å²) in [6.45, 7) is 5.29. The minimum Gasteiger partial charge on any atom is -0.299 e. The van der Waals surface area contributed by atoms with Gasteiger partial charge in [-0.3, -0.25) is 4.79 Å². The fourth-order valence-corrected chi connectivity index (χ4v) is 1.89. The minimum atomic E-state index is -0.487. The summed E-state index contributed by atoms with van der Waals surface area (Å²) < 4.78 is 13.5. The molecule has 0 aliphatic carbocycles. The predicted octanol–water partition coefficient (Wildman–Crippen LogP) is 3.81. The van der Waals surface area contributed by atoms with Crippen molar-refractivity contribution in [2.75, 3.05) is 0 Å². The molecule has 1 aromatic carbocycles. The first kappa shape index (κ1) is 12.2.